The van der Waals surface area contributed by atoms with Crippen molar-refractivity contribution in [1.82, 2.24) is 0 Å². The molecule has 2 aromatic rings. The molecule has 26 heavy (non-hydrogen) atoms. The van der Waals surface area contributed by atoms with Crippen molar-refractivity contribution in [3.05, 3.63) is 40.9 Å². The number of hydrogen-bond donors (Lipinski definition) is 1. The molecule has 6 nitrogen and oxygen atoms in total. The largest absolute Gasteiger partial charge is 0.497 e. The van der Waals surface area contributed by atoms with Gasteiger partial charge in [0.05, 0.1) is 38.1 Å². The van der Waals surface area contributed by atoms with E-state index in [-0.39, 0.29) is 5.91 Å². The highest BCUT2D eigenvalue weighted by Gasteiger charge is 2.17. The SMILES string of the molecule is CCOc1cc(C(=O)Nc2cc(OC)ccc2OC)cc(Cl)c1OCC. The van der Waals surface area contributed by atoms with Crippen molar-refractivity contribution < 1.29 is 23.7 Å². The highest BCUT2D eigenvalue weighted by atomic mass is 35.5. The molecule has 0 radical (unpaired) electrons. The summed E-state index contributed by atoms with van der Waals surface area (Å²) in [6.45, 7) is 4.55. The fourth-order valence-electron chi connectivity index (χ4n) is 2.35. The lowest BCUT2D eigenvalue weighted by Crippen LogP contribution is -2.13. The molecule has 0 aliphatic carbocycles. The van der Waals surface area contributed by atoms with E-state index in [2.05, 4.69) is 5.32 Å². The van der Waals surface area contributed by atoms with Crippen molar-refractivity contribution >= 4 is 23.2 Å². The fraction of sp³-hybridized carbons (Fsp3) is 0.316. The molecule has 0 aromatic heterocycles. The number of nitrogens with one attached hydrogen (secondary N) is 1. The summed E-state index contributed by atoms with van der Waals surface area (Å²) in [6, 6.07) is 8.27. The molecule has 0 unspecified atom stereocenters. The van der Waals surface area contributed by atoms with E-state index in [1.54, 1.807) is 31.4 Å². The minimum absolute atomic E-state index is 0.306. The molecule has 0 heterocycles. The van der Waals surface area contributed by atoms with E-state index < -0.39 is 0 Å². The summed E-state index contributed by atoms with van der Waals surface area (Å²) in [7, 11) is 3.08. The number of hydrogen-bond acceptors (Lipinski definition) is 5. The van der Waals surface area contributed by atoms with E-state index in [1.165, 1.54) is 13.2 Å². The highest BCUT2D eigenvalue weighted by molar-refractivity contribution is 6.32. The van der Waals surface area contributed by atoms with Gasteiger partial charge >= 0.3 is 0 Å². The number of rotatable bonds is 8. The second-order valence-electron chi connectivity index (χ2n) is 5.17. The van der Waals surface area contributed by atoms with Crippen molar-refractivity contribution in [2.45, 2.75) is 13.8 Å². The van der Waals surface area contributed by atoms with Crippen LogP contribution in [-0.4, -0.2) is 33.3 Å². The molecule has 0 saturated heterocycles. The lowest BCUT2D eigenvalue weighted by atomic mass is 10.1. The molecule has 0 fully saturated rings. The van der Waals surface area contributed by atoms with Crippen LogP contribution >= 0.6 is 11.6 Å². The van der Waals surface area contributed by atoms with Crippen LogP contribution in [0, 0.1) is 0 Å². The molecule has 2 aromatic carbocycles. The second kappa shape index (κ2) is 9.20. The lowest BCUT2D eigenvalue weighted by Gasteiger charge is -2.15. The van der Waals surface area contributed by atoms with E-state index >= 15 is 0 Å². The Morgan fingerprint density at radius 1 is 1.00 bits per heavy atom. The van der Waals surface area contributed by atoms with Crippen molar-refractivity contribution in [3.63, 3.8) is 0 Å². The van der Waals surface area contributed by atoms with Gasteiger partial charge in [-0.25, -0.2) is 0 Å². The Hall–Kier alpha value is -2.60. The van der Waals surface area contributed by atoms with Gasteiger partial charge in [0.1, 0.15) is 11.5 Å². The maximum Gasteiger partial charge on any atom is 0.255 e. The Morgan fingerprint density at radius 2 is 1.73 bits per heavy atom. The third kappa shape index (κ3) is 4.52. The summed E-state index contributed by atoms with van der Waals surface area (Å²) < 4.78 is 21.5. The van der Waals surface area contributed by atoms with Crippen molar-refractivity contribution in [2.24, 2.45) is 0 Å². The number of benzene rings is 2. The average Bonchev–Trinajstić information content (AvgIpc) is 2.64. The number of halogens is 1. The molecule has 1 N–H and O–H groups in total. The smallest absolute Gasteiger partial charge is 0.255 e. The maximum atomic E-state index is 12.7. The third-order valence-electron chi connectivity index (χ3n) is 3.52. The normalized spacial score (nSPS) is 10.2. The predicted octanol–water partition coefficient (Wildman–Crippen LogP) is 4.41. The number of carbonyl (C=O) groups is 1. The van der Waals surface area contributed by atoms with Crippen molar-refractivity contribution in [3.8, 4) is 23.0 Å². The van der Waals surface area contributed by atoms with Crippen LogP contribution in [0.3, 0.4) is 0 Å². The minimum atomic E-state index is -0.359. The predicted molar refractivity (Wildman–Crippen MR) is 101 cm³/mol. The summed E-state index contributed by atoms with van der Waals surface area (Å²) in [6.07, 6.45) is 0. The van der Waals surface area contributed by atoms with Gasteiger partial charge in [-0.05, 0) is 38.1 Å². The molecule has 0 bridgehead atoms. The van der Waals surface area contributed by atoms with Gasteiger partial charge in [0.25, 0.3) is 5.91 Å². The van der Waals surface area contributed by atoms with Crippen LogP contribution < -0.4 is 24.3 Å². The van der Waals surface area contributed by atoms with Crippen LogP contribution in [0.2, 0.25) is 5.02 Å². The number of methoxy groups -OCH3 is 2. The van der Waals surface area contributed by atoms with Crippen LogP contribution in [0.15, 0.2) is 30.3 Å². The van der Waals surface area contributed by atoms with Gasteiger partial charge in [-0.1, -0.05) is 11.6 Å². The van der Waals surface area contributed by atoms with Crippen LogP contribution in [0.1, 0.15) is 24.2 Å². The average molecular weight is 380 g/mol. The molecule has 0 aliphatic rings. The van der Waals surface area contributed by atoms with Crippen LogP contribution in [0.5, 0.6) is 23.0 Å². The molecule has 140 valence electrons. The first-order valence-electron chi connectivity index (χ1n) is 8.16. The van der Waals surface area contributed by atoms with Gasteiger partial charge in [0.2, 0.25) is 0 Å². The van der Waals surface area contributed by atoms with Crippen LogP contribution in [0.25, 0.3) is 0 Å². The standard InChI is InChI=1S/C19H22ClNO5/c1-5-25-17-10-12(9-14(20)18(17)26-6-2)19(22)21-15-11-13(23-3)7-8-16(15)24-4/h7-11H,5-6H2,1-4H3,(H,21,22). The highest BCUT2D eigenvalue weighted by Crippen LogP contribution is 2.37. The van der Waals surface area contributed by atoms with Gasteiger partial charge in [-0.2, -0.15) is 0 Å². The Kier molecular flexibility index (Phi) is 6.97. The topological polar surface area (TPSA) is 66.0 Å². The molecular formula is C19H22ClNO5. The molecule has 0 spiro atoms. The molecule has 0 aliphatic heterocycles. The molecular weight excluding hydrogens is 358 g/mol. The summed E-state index contributed by atoms with van der Waals surface area (Å²) in [5, 5.41) is 3.11. The van der Waals surface area contributed by atoms with E-state index in [0.717, 1.165) is 0 Å². The zero-order chi connectivity index (χ0) is 19.1. The number of ether oxygens (including phenoxy) is 4. The van der Waals surface area contributed by atoms with Gasteiger partial charge in [-0.15, -0.1) is 0 Å². The first-order valence-corrected chi connectivity index (χ1v) is 8.54. The Balaban J connectivity index is 2.35. The third-order valence-corrected chi connectivity index (χ3v) is 3.80. The second-order valence-corrected chi connectivity index (χ2v) is 5.58. The number of amides is 1. The summed E-state index contributed by atoms with van der Waals surface area (Å²) in [5.41, 5.74) is 0.826. The van der Waals surface area contributed by atoms with Gasteiger partial charge in [0, 0.05) is 11.6 Å². The quantitative estimate of drug-likeness (QED) is 0.736. The summed E-state index contributed by atoms with van der Waals surface area (Å²) in [4.78, 5) is 12.7. The summed E-state index contributed by atoms with van der Waals surface area (Å²) in [5.74, 6) is 1.60. The van der Waals surface area contributed by atoms with E-state index in [1.807, 2.05) is 13.8 Å². The zero-order valence-corrected chi connectivity index (χ0v) is 16.0. The van der Waals surface area contributed by atoms with Crippen molar-refractivity contribution in [1.29, 1.82) is 0 Å². The Morgan fingerprint density at radius 3 is 2.35 bits per heavy atom. The Labute approximate surface area is 158 Å². The molecule has 0 saturated carbocycles. The van der Waals surface area contributed by atoms with Gasteiger partial charge in [-0.3, -0.25) is 4.79 Å². The Bertz CT molecular complexity index is 779. The maximum absolute atomic E-state index is 12.7. The lowest BCUT2D eigenvalue weighted by molar-refractivity contribution is 0.102. The zero-order valence-electron chi connectivity index (χ0n) is 15.2. The van der Waals surface area contributed by atoms with Crippen LogP contribution in [0.4, 0.5) is 5.69 Å². The number of anilines is 1. The molecule has 2 rings (SSSR count). The van der Waals surface area contributed by atoms with Gasteiger partial charge < -0.3 is 24.3 Å². The van der Waals surface area contributed by atoms with E-state index in [0.29, 0.717) is 52.5 Å². The van der Waals surface area contributed by atoms with E-state index in [4.69, 9.17) is 30.5 Å². The first-order chi connectivity index (χ1) is 12.5. The fourth-order valence-corrected chi connectivity index (χ4v) is 2.62. The van der Waals surface area contributed by atoms with E-state index in [9.17, 15) is 4.79 Å². The molecule has 0 atom stereocenters. The first kappa shape index (κ1) is 19.7. The minimum Gasteiger partial charge on any atom is -0.497 e. The van der Waals surface area contributed by atoms with Crippen molar-refractivity contribution in [2.75, 3.05) is 32.8 Å². The number of carbonyl (C=O) groups excluding carboxylic acids is 1. The monoisotopic (exact) mass is 379 g/mol. The molecule has 1 amide bonds. The van der Waals surface area contributed by atoms with Crippen LogP contribution in [-0.2, 0) is 0 Å². The molecule has 7 heteroatoms. The summed E-state index contributed by atoms with van der Waals surface area (Å²) >= 11 is 6.27. The van der Waals surface area contributed by atoms with Gasteiger partial charge in [0.15, 0.2) is 11.5 Å².